The first-order chi connectivity index (χ1) is 20.1. The van der Waals surface area contributed by atoms with Gasteiger partial charge in [0.25, 0.3) is 5.91 Å². The topological polar surface area (TPSA) is 178 Å². The predicted octanol–water partition coefficient (Wildman–Crippen LogP) is 1.94. The predicted molar refractivity (Wildman–Crippen MR) is 155 cm³/mol. The lowest BCUT2D eigenvalue weighted by atomic mass is 9.73. The Hall–Kier alpha value is -3.51. The molecular formula is C30H36ClN3O8. The fourth-order valence-corrected chi connectivity index (χ4v) is 5.64. The number of benzene rings is 2. The van der Waals surface area contributed by atoms with Gasteiger partial charge in [-0.05, 0) is 59.9 Å². The zero-order valence-electron chi connectivity index (χ0n) is 23.1. The van der Waals surface area contributed by atoms with Crippen LogP contribution in [0.2, 0.25) is 5.02 Å². The molecule has 11 nitrogen and oxygen atoms in total. The second-order valence-electron chi connectivity index (χ2n) is 10.9. The number of aliphatic hydroxyl groups is 2. The largest absolute Gasteiger partial charge is 0.508 e. The Balaban J connectivity index is 1.43. The summed E-state index contributed by atoms with van der Waals surface area (Å²) in [7, 11) is 0. The number of aliphatic hydroxyl groups excluding tert-OH is 2. The lowest BCUT2D eigenvalue weighted by Crippen LogP contribution is -2.39. The number of ketones is 1. The van der Waals surface area contributed by atoms with E-state index in [1.807, 2.05) is 6.07 Å². The summed E-state index contributed by atoms with van der Waals surface area (Å²) < 4.78 is 5.46. The van der Waals surface area contributed by atoms with Gasteiger partial charge in [-0.2, -0.15) is 0 Å². The number of carboxylic acids is 1. The first kappa shape index (κ1) is 31.4. The number of aliphatic carboxylic acids is 1. The van der Waals surface area contributed by atoms with Crippen molar-refractivity contribution in [2.45, 2.75) is 49.5 Å². The first-order valence-electron chi connectivity index (χ1n) is 13.9. The summed E-state index contributed by atoms with van der Waals surface area (Å²) in [5.41, 5.74) is 1.56. The zero-order chi connectivity index (χ0) is 30.3. The van der Waals surface area contributed by atoms with Crippen molar-refractivity contribution in [3.63, 3.8) is 0 Å². The summed E-state index contributed by atoms with van der Waals surface area (Å²) in [6, 6.07) is 9.59. The number of hydrogen-bond acceptors (Lipinski definition) is 9. The van der Waals surface area contributed by atoms with E-state index in [1.54, 1.807) is 18.2 Å². The first-order valence-corrected chi connectivity index (χ1v) is 14.2. The van der Waals surface area contributed by atoms with Gasteiger partial charge in [-0.1, -0.05) is 17.7 Å². The van der Waals surface area contributed by atoms with Gasteiger partial charge in [0.15, 0.2) is 5.78 Å². The number of amides is 1. The molecule has 226 valence electrons. The lowest BCUT2D eigenvalue weighted by molar-refractivity contribution is -0.137. The van der Waals surface area contributed by atoms with Crippen LogP contribution in [0.4, 0.5) is 0 Å². The van der Waals surface area contributed by atoms with E-state index in [2.05, 4.69) is 15.6 Å². The number of nitrogens with one attached hydrogen (secondary N) is 2. The summed E-state index contributed by atoms with van der Waals surface area (Å²) in [4.78, 5) is 41.8. The van der Waals surface area contributed by atoms with Crippen molar-refractivity contribution in [1.29, 1.82) is 0 Å². The Labute approximate surface area is 248 Å². The van der Waals surface area contributed by atoms with Crippen molar-refractivity contribution in [2.24, 2.45) is 4.99 Å². The van der Waals surface area contributed by atoms with Crippen molar-refractivity contribution in [3.05, 3.63) is 63.7 Å². The number of β-amino-alcohol motifs (C(OH)–C–C–N with tert-alkyl or cyclic N) is 1. The molecule has 42 heavy (non-hydrogen) atoms. The van der Waals surface area contributed by atoms with E-state index in [0.29, 0.717) is 61.0 Å². The average molecular weight is 602 g/mol. The van der Waals surface area contributed by atoms with E-state index in [0.717, 1.165) is 5.56 Å². The van der Waals surface area contributed by atoms with Crippen LogP contribution in [0.1, 0.15) is 58.6 Å². The van der Waals surface area contributed by atoms with E-state index in [-0.39, 0.29) is 49.6 Å². The maximum atomic E-state index is 13.0. The van der Waals surface area contributed by atoms with Gasteiger partial charge in [0.2, 0.25) is 0 Å². The number of aliphatic imine (C=N–C) groups is 1. The highest BCUT2D eigenvalue weighted by atomic mass is 35.5. The number of carboxylic acid groups (broad SMARTS) is 1. The van der Waals surface area contributed by atoms with Gasteiger partial charge in [0.05, 0.1) is 32.2 Å². The summed E-state index contributed by atoms with van der Waals surface area (Å²) >= 11 is 6.42. The van der Waals surface area contributed by atoms with Gasteiger partial charge < -0.3 is 35.8 Å². The highest BCUT2D eigenvalue weighted by molar-refractivity contribution is 6.30. The van der Waals surface area contributed by atoms with Crippen LogP contribution in [0.3, 0.4) is 0 Å². The van der Waals surface area contributed by atoms with Crippen LogP contribution in [-0.2, 0) is 26.2 Å². The molecule has 2 aromatic rings. The van der Waals surface area contributed by atoms with Crippen molar-refractivity contribution < 1.29 is 39.5 Å². The molecule has 2 heterocycles. The fraction of sp³-hybridized carbons (Fsp3) is 0.467. The standard InChI is InChI=1S/C30H36ClN3O8/c31-23-9-19(8-22(13-23)30(17-35)1-3-42-4-2-30)20(12-28(39)40)10-25(37)14-34-29(41)21-5-18(6-24(36)11-21)7-27-32-15-26(38)16-33-27/h5-6,8-9,11,13,20,26,35-36,38H,1-4,7,10,12,14-17H2,(H,32,33)(H,34,41)(H,39,40)/t20-/m0/s1. The normalized spacial score (nSPS) is 18.8. The van der Waals surface area contributed by atoms with Crippen LogP contribution in [0, 0.1) is 0 Å². The molecule has 2 aromatic carbocycles. The fourth-order valence-electron chi connectivity index (χ4n) is 5.39. The number of ether oxygens (including phenoxy) is 1. The van der Waals surface area contributed by atoms with Gasteiger partial charge in [-0.25, -0.2) is 0 Å². The summed E-state index contributed by atoms with van der Waals surface area (Å²) in [5.74, 6) is -2.22. The maximum Gasteiger partial charge on any atom is 0.303 e. The van der Waals surface area contributed by atoms with E-state index in [9.17, 15) is 34.8 Å². The van der Waals surface area contributed by atoms with Crippen molar-refractivity contribution in [1.82, 2.24) is 10.6 Å². The van der Waals surface area contributed by atoms with Gasteiger partial charge in [-0.3, -0.25) is 19.4 Å². The molecule has 0 aliphatic carbocycles. The molecule has 1 saturated heterocycles. The van der Waals surface area contributed by atoms with Crippen LogP contribution in [0.5, 0.6) is 5.75 Å². The molecule has 0 bridgehead atoms. The van der Waals surface area contributed by atoms with Crippen LogP contribution in [0.15, 0.2) is 41.4 Å². The third-order valence-electron chi connectivity index (χ3n) is 7.74. The minimum Gasteiger partial charge on any atom is -0.508 e. The number of aromatic hydroxyl groups is 1. The molecule has 0 spiro atoms. The number of halogens is 1. The van der Waals surface area contributed by atoms with E-state index < -0.39 is 29.3 Å². The minimum atomic E-state index is -1.08. The van der Waals surface area contributed by atoms with Gasteiger partial charge >= 0.3 is 5.97 Å². The molecule has 2 aliphatic heterocycles. The number of rotatable bonds is 12. The monoisotopic (exact) mass is 601 g/mol. The second-order valence-corrected chi connectivity index (χ2v) is 11.4. The highest BCUT2D eigenvalue weighted by Gasteiger charge is 2.35. The third-order valence-corrected chi connectivity index (χ3v) is 7.96. The molecule has 0 aromatic heterocycles. The Morgan fingerprint density at radius 3 is 2.55 bits per heavy atom. The summed E-state index contributed by atoms with van der Waals surface area (Å²) in [5, 5.41) is 45.5. The molecule has 1 amide bonds. The van der Waals surface area contributed by atoms with E-state index in [1.165, 1.54) is 12.1 Å². The molecular weight excluding hydrogens is 566 g/mol. The average Bonchev–Trinajstić information content (AvgIpc) is 2.96. The van der Waals surface area contributed by atoms with Crippen molar-refractivity contribution in [2.75, 3.05) is 39.5 Å². The van der Waals surface area contributed by atoms with Crippen LogP contribution < -0.4 is 10.6 Å². The highest BCUT2D eigenvalue weighted by Crippen LogP contribution is 2.38. The molecule has 6 N–H and O–H groups in total. The van der Waals surface area contributed by atoms with Gasteiger partial charge in [0.1, 0.15) is 11.6 Å². The number of carbonyl (C=O) groups excluding carboxylic acids is 2. The Kier molecular flexibility index (Phi) is 10.6. The number of carbonyl (C=O) groups is 3. The quantitative estimate of drug-likeness (QED) is 0.212. The molecule has 2 aliphatic rings. The summed E-state index contributed by atoms with van der Waals surface area (Å²) in [6.45, 7) is 1.15. The van der Waals surface area contributed by atoms with Gasteiger partial charge in [-0.15, -0.1) is 0 Å². The van der Waals surface area contributed by atoms with E-state index in [4.69, 9.17) is 16.3 Å². The molecule has 0 saturated carbocycles. The Morgan fingerprint density at radius 2 is 1.88 bits per heavy atom. The molecule has 12 heteroatoms. The SMILES string of the molecule is O=C(O)C[C@H](CC(=O)CNC(=O)c1cc(O)cc(CC2=NCC(O)CN2)c1)c1cc(Cl)cc(C2(CO)CCOCC2)c1. The Bertz CT molecular complexity index is 1340. The molecule has 0 radical (unpaired) electrons. The smallest absolute Gasteiger partial charge is 0.303 e. The third kappa shape index (κ3) is 8.28. The van der Waals surface area contributed by atoms with E-state index >= 15 is 0 Å². The summed E-state index contributed by atoms with van der Waals surface area (Å²) in [6.07, 6.45) is 0.467. The van der Waals surface area contributed by atoms with Crippen molar-refractivity contribution in [3.8, 4) is 5.75 Å². The number of phenolic OH excluding ortho intramolecular Hbond substituents is 1. The number of amidine groups is 1. The number of nitrogens with zero attached hydrogens (tertiary/aromatic N) is 1. The van der Waals surface area contributed by atoms with Crippen LogP contribution in [-0.4, -0.2) is 89.5 Å². The maximum absolute atomic E-state index is 13.0. The zero-order valence-corrected chi connectivity index (χ0v) is 23.9. The van der Waals surface area contributed by atoms with Gasteiger partial charge in [0, 0.05) is 54.5 Å². The molecule has 1 unspecified atom stereocenters. The molecule has 2 atom stereocenters. The Morgan fingerprint density at radius 1 is 1.12 bits per heavy atom. The number of phenols is 1. The molecule has 4 rings (SSSR count). The van der Waals surface area contributed by atoms with Crippen molar-refractivity contribution >= 4 is 35.1 Å². The minimum absolute atomic E-state index is 0.116. The number of Topliss-reactive ketones (excluding diaryl/α,β-unsaturated/α-hetero) is 1. The number of hydrogen-bond donors (Lipinski definition) is 6. The molecule has 1 fully saturated rings. The van der Waals surface area contributed by atoms with Crippen LogP contribution in [0.25, 0.3) is 0 Å². The lowest BCUT2D eigenvalue weighted by Gasteiger charge is -2.36. The second kappa shape index (κ2) is 14.1. The van der Waals surface area contributed by atoms with Crippen LogP contribution >= 0.6 is 11.6 Å².